The third-order valence-electron chi connectivity index (χ3n) is 3.94. The number of methoxy groups -OCH3 is 2. The molecule has 6 heteroatoms. The van der Waals surface area contributed by atoms with E-state index in [1.54, 1.807) is 14.2 Å². The van der Waals surface area contributed by atoms with Crippen LogP contribution in [0.15, 0.2) is 12.1 Å². The van der Waals surface area contributed by atoms with E-state index in [-0.39, 0.29) is 11.2 Å². The highest BCUT2D eigenvalue weighted by atomic mass is 16.7. The van der Waals surface area contributed by atoms with Gasteiger partial charge in [-0.2, -0.15) is 0 Å². The topological polar surface area (TPSA) is 49.8 Å². The molecule has 1 aromatic rings. The van der Waals surface area contributed by atoms with Crippen molar-refractivity contribution < 1.29 is 18.8 Å². The van der Waals surface area contributed by atoms with E-state index in [0.29, 0.717) is 12.5 Å². The Labute approximate surface area is 120 Å². The summed E-state index contributed by atoms with van der Waals surface area (Å²) in [5.74, 6) is 0.512. The Morgan fingerprint density at radius 1 is 1.10 bits per heavy atom. The summed E-state index contributed by atoms with van der Waals surface area (Å²) in [7, 11) is 2.75. The van der Waals surface area contributed by atoms with Crippen molar-refractivity contribution in [3.05, 3.63) is 17.8 Å². The van der Waals surface area contributed by atoms with Gasteiger partial charge in [-0.1, -0.05) is 6.07 Å². The van der Waals surface area contributed by atoms with Gasteiger partial charge in [0.25, 0.3) is 0 Å². The third-order valence-corrected chi connectivity index (χ3v) is 3.94. The molecule has 0 amide bonds. The average molecular weight is 279 g/mol. The highest BCUT2D eigenvalue weighted by Gasteiger charge is 2.52. The van der Waals surface area contributed by atoms with E-state index in [1.807, 2.05) is 39.8 Å². The molecule has 110 valence electrons. The maximum Gasteiger partial charge on any atom is 0.500 e. The van der Waals surface area contributed by atoms with Crippen molar-refractivity contribution in [3.63, 3.8) is 0 Å². The summed E-state index contributed by atoms with van der Waals surface area (Å²) >= 11 is 0. The van der Waals surface area contributed by atoms with Gasteiger partial charge in [-0.3, -0.25) is 0 Å². The molecule has 1 aliphatic rings. The smallest absolute Gasteiger partial charge is 0.481 e. The fourth-order valence-corrected chi connectivity index (χ4v) is 2.03. The number of pyridine rings is 1. The van der Waals surface area contributed by atoms with Crippen molar-refractivity contribution in [3.8, 4) is 5.88 Å². The second kappa shape index (κ2) is 5.35. The van der Waals surface area contributed by atoms with Crippen LogP contribution >= 0.6 is 0 Å². The van der Waals surface area contributed by atoms with Crippen LogP contribution in [0.4, 0.5) is 0 Å². The predicted octanol–water partition coefficient (Wildman–Crippen LogP) is 1.54. The van der Waals surface area contributed by atoms with E-state index in [4.69, 9.17) is 18.8 Å². The standard InChI is InChI=1S/C14H22BNO4/c1-13(2)14(3,4)20-15(19-13)11-8-7-10(9-17-5)16-12(11)18-6/h7-8H,9H2,1-6H3. The Bertz CT molecular complexity index is 474. The number of hydrogen-bond acceptors (Lipinski definition) is 5. The molecule has 0 radical (unpaired) electrons. The SMILES string of the molecule is COCc1ccc(B2OC(C)(C)C(C)(C)O2)c(OC)n1. The van der Waals surface area contributed by atoms with E-state index in [2.05, 4.69) is 4.98 Å². The number of nitrogens with zero attached hydrogens (tertiary/aromatic N) is 1. The lowest BCUT2D eigenvalue weighted by Gasteiger charge is -2.32. The van der Waals surface area contributed by atoms with Gasteiger partial charge < -0.3 is 18.8 Å². The van der Waals surface area contributed by atoms with Crippen LogP contribution in [0.5, 0.6) is 5.88 Å². The Morgan fingerprint density at radius 2 is 1.70 bits per heavy atom. The van der Waals surface area contributed by atoms with E-state index in [0.717, 1.165) is 11.2 Å². The highest BCUT2D eigenvalue weighted by molar-refractivity contribution is 6.63. The molecule has 0 N–H and O–H groups in total. The molecule has 0 aliphatic carbocycles. The normalized spacial score (nSPS) is 20.2. The first kappa shape index (κ1) is 15.3. The molecule has 20 heavy (non-hydrogen) atoms. The predicted molar refractivity (Wildman–Crippen MR) is 77.2 cm³/mol. The molecule has 0 unspecified atom stereocenters. The minimum atomic E-state index is -0.473. The largest absolute Gasteiger partial charge is 0.500 e. The van der Waals surface area contributed by atoms with Gasteiger partial charge in [-0.05, 0) is 33.8 Å². The van der Waals surface area contributed by atoms with Gasteiger partial charge in [0.15, 0.2) is 0 Å². The Morgan fingerprint density at radius 3 is 2.20 bits per heavy atom. The lowest BCUT2D eigenvalue weighted by atomic mass is 9.79. The number of rotatable bonds is 4. The quantitative estimate of drug-likeness (QED) is 0.782. The van der Waals surface area contributed by atoms with Gasteiger partial charge in [0.2, 0.25) is 5.88 Å². The number of hydrogen-bond donors (Lipinski definition) is 0. The van der Waals surface area contributed by atoms with Gasteiger partial charge in [-0.15, -0.1) is 0 Å². The van der Waals surface area contributed by atoms with Gasteiger partial charge in [0.05, 0.1) is 30.6 Å². The molecular formula is C14H22BNO4. The van der Waals surface area contributed by atoms with Crippen LogP contribution in [0.25, 0.3) is 0 Å². The summed E-state index contributed by atoms with van der Waals surface area (Å²) in [6, 6.07) is 3.81. The zero-order valence-corrected chi connectivity index (χ0v) is 13.0. The summed E-state index contributed by atoms with van der Waals surface area (Å²) in [5.41, 5.74) is 0.845. The first-order valence-corrected chi connectivity index (χ1v) is 6.69. The molecular weight excluding hydrogens is 257 g/mol. The fourth-order valence-electron chi connectivity index (χ4n) is 2.03. The monoisotopic (exact) mass is 279 g/mol. The Balaban J connectivity index is 2.30. The summed E-state index contributed by atoms with van der Waals surface area (Å²) in [6.07, 6.45) is 0. The zero-order valence-electron chi connectivity index (χ0n) is 13.0. The minimum Gasteiger partial charge on any atom is -0.481 e. The van der Waals surface area contributed by atoms with E-state index >= 15 is 0 Å². The van der Waals surface area contributed by atoms with E-state index in [9.17, 15) is 0 Å². The molecule has 1 aliphatic heterocycles. The fraction of sp³-hybridized carbons (Fsp3) is 0.643. The summed E-state index contributed by atoms with van der Waals surface area (Å²) in [6.45, 7) is 8.52. The molecule has 1 aromatic heterocycles. The first-order chi connectivity index (χ1) is 9.30. The van der Waals surface area contributed by atoms with Crippen molar-refractivity contribution in [2.75, 3.05) is 14.2 Å². The Kier molecular flexibility index (Phi) is 4.09. The van der Waals surface area contributed by atoms with Gasteiger partial charge in [0.1, 0.15) is 0 Å². The molecule has 0 spiro atoms. The van der Waals surface area contributed by atoms with Gasteiger partial charge in [-0.25, -0.2) is 4.98 Å². The van der Waals surface area contributed by atoms with Gasteiger partial charge >= 0.3 is 7.12 Å². The molecule has 5 nitrogen and oxygen atoms in total. The molecule has 2 heterocycles. The second-order valence-electron chi connectivity index (χ2n) is 5.92. The van der Waals surface area contributed by atoms with Crippen LogP contribution in [0.2, 0.25) is 0 Å². The lowest BCUT2D eigenvalue weighted by molar-refractivity contribution is 0.00578. The van der Waals surface area contributed by atoms with Crippen LogP contribution in [-0.2, 0) is 20.7 Å². The summed E-state index contributed by atoms with van der Waals surface area (Å²) in [4.78, 5) is 4.41. The molecule has 1 fully saturated rings. The van der Waals surface area contributed by atoms with Crippen LogP contribution in [0, 0.1) is 0 Å². The Hall–Kier alpha value is -1.11. The molecule has 2 rings (SSSR count). The van der Waals surface area contributed by atoms with E-state index < -0.39 is 7.12 Å². The lowest BCUT2D eigenvalue weighted by Crippen LogP contribution is -2.41. The summed E-state index contributed by atoms with van der Waals surface area (Å²) < 4.78 is 22.5. The third kappa shape index (κ3) is 2.68. The zero-order chi connectivity index (χ0) is 15.0. The number of ether oxygens (including phenoxy) is 2. The van der Waals surface area contributed by atoms with Crippen molar-refractivity contribution in [1.82, 2.24) is 4.98 Å². The maximum absolute atomic E-state index is 6.02. The second-order valence-corrected chi connectivity index (χ2v) is 5.92. The van der Waals surface area contributed by atoms with Crippen molar-refractivity contribution in [2.24, 2.45) is 0 Å². The molecule has 0 atom stereocenters. The average Bonchev–Trinajstić information content (AvgIpc) is 2.58. The molecule has 0 bridgehead atoms. The highest BCUT2D eigenvalue weighted by Crippen LogP contribution is 2.37. The van der Waals surface area contributed by atoms with Crippen LogP contribution < -0.4 is 10.2 Å². The summed E-state index contributed by atoms with van der Waals surface area (Å²) in [5, 5.41) is 0. The van der Waals surface area contributed by atoms with Crippen molar-refractivity contribution >= 4 is 12.6 Å². The van der Waals surface area contributed by atoms with Gasteiger partial charge in [0, 0.05) is 12.6 Å². The molecule has 0 aromatic carbocycles. The van der Waals surface area contributed by atoms with Crippen LogP contribution in [-0.4, -0.2) is 37.5 Å². The maximum atomic E-state index is 6.02. The van der Waals surface area contributed by atoms with Crippen molar-refractivity contribution in [2.45, 2.75) is 45.5 Å². The van der Waals surface area contributed by atoms with Crippen LogP contribution in [0.3, 0.4) is 0 Å². The molecule has 0 saturated carbocycles. The van der Waals surface area contributed by atoms with E-state index in [1.165, 1.54) is 0 Å². The number of aromatic nitrogens is 1. The van der Waals surface area contributed by atoms with Crippen molar-refractivity contribution in [1.29, 1.82) is 0 Å². The van der Waals surface area contributed by atoms with Crippen LogP contribution in [0.1, 0.15) is 33.4 Å². The minimum absolute atomic E-state index is 0.381. The first-order valence-electron chi connectivity index (χ1n) is 6.69. The molecule has 1 saturated heterocycles.